The summed E-state index contributed by atoms with van der Waals surface area (Å²) in [6.07, 6.45) is 0.784. The van der Waals surface area contributed by atoms with Crippen LogP contribution in [-0.2, 0) is 6.54 Å². The van der Waals surface area contributed by atoms with Gasteiger partial charge in [-0.25, -0.2) is 4.98 Å². The SMILES string of the molecule is CC(C)(C)CC(C)(C)Nc1nc(-c2ccc(C#N)cc2)cc(NCc2ccccc2)c1[N+](=O)[O-]. The molecule has 0 radical (unpaired) electrons. The predicted octanol–water partition coefficient (Wildman–Crippen LogP) is 6.77. The number of nitrogens with zero attached hydrogens (tertiary/aromatic N) is 3. The maximum absolute atomic E-state index is 12.2. The first kappa shape index (κ1) is 24.7. The first-order valence-electron chi connectivity index (χ1n) is 11.2. The van der Waals surface area contributed by atoms with Crippen LogP contribution in [0.15, 0.2) is 60.7 Å². The number of nitrogens with one attached hydrogen (secondary N) is 2. The highest BCUT2D eigenvalue weighted by Gasteiger charge is 2.31. The van der Waals surface area contributed by atoms with Crippen LogP contribution in [0.5, 0.6) is 0 Å². The maximum Gasteiger partial charge on any atom is 0.334 e. The Morgan fingerprint density at radius 1 is 1.03 bits per heavy atom. The average Bonchev–Trinajstić information content (AvgIpc) is 2.76. The summed E-state index contributed by atoms with van der Waals surface area (Å²) in [5.74, 6) is 0.219. The van der Waals surface area contributed by atoms with Crippen molar-refractivity contribution in [2.45, 2.75) is 53.1 Å². The summed E-state index contributed by atoms with van der Waals surface area (Å²) in [5, 5.41) is 27.9. The summed E-state index contributed by atoms with van der Waals surface area (Å²) >= 11 is 0. The Hall–Kier alpha value is -3.92. The van der Waals surface area contributed by atoms with E-state index in [1.165, 1.54) is 0 Å². The monoisotopic (exact) mass is 457 g/mol. The van der Waals surface area contributed by atoms with Crippen molar-refractivity contribution in [3.05, 3.63) is 81.9 Å². The third-order valence-corrected chi connectivity index (χ3v) is 5.24. The number of hydrogen-bond donors (Lipinski definition) is 2. The van der Waals surface area contributed by atoms with Crippen molar-refractivity contribution in [1.82, 2.24) is 4.98 Å². The lowest BCUT2D eigenvalue weighted by atomic mass is 9.82. The van der Waals surface area contributed by atoms with Gasteiger partial charge in [-0.3, -0.25) is 10.1 Å². The van der Waals surface area contributed by atoms with E-state index in [0.717, 1.165) is 17.5 Å². The molecule has 3 rings (SSSR count). The van der Waals surface area contributed by atoms with Crippen LogP contribution in [0, 0.1) is 26.9 Å². The van der Waals surface area contributed by atoms with Crippen molar-refractivity contribution in [2.75, 3.05) is 10.6 Å². The van der Waals surface area contributed by atoms with Gasteiger partial charge in [-0.15, -0.1) is 0 Å². The van der Waals surface area contributed by atoms with Crippen LogP contribution in [0.2, 0.25) is 0 Å². The Balaban J connectivity index is 2.10. The van der Waals surface area contributed by atoms with Crippen LogP contribution >= 0.6 is 0 Å². The van der Waals surface area contributed by atoms with Gasteiger partial charge in [0.1, 0.15) is 5.69 Å². The number of nitriles is 1. The molecular weight excluding hydrogens is 426 g/mol. The molecule has 0 aliphatic heterocycles. The molecule has 7 heteroatoms. The summed E-state index contributed by atoms with van der Waals surface area (Å²) in [6, 6.07) is 20.6. The Labute approximate surface area is 201 Å². The summed E-state index contributed by atoms with van der Waals surface area (Å²) < 4.78 is 0. The van der Waals surface area contributed by atoms with Crippen molar-refractivity contribution in [3.63, 3.8) is 0 Å². The highest BCUT2D eigenvalue weighted by atomic mass is 16.6. The number of benzene rings is 2. The molecule has 1 aromatic heterocycles. The lowest BCUT2D eigenvalue weighted by molar-refractivity contribution is -0.383. The van der Waals surface area contributed by atoms with Gasteiger partial charge in [-0.05, 0) is 49.4 Å². The fourth-order valence-corrected chi connectivity index (χ4v) is 4.29. The van der Waals surface area contributed by atoms with Gasteiger partial charge >= 0.3 is 5.69 Å². The van der Waals surface area contributed by atoms with Gasteiger partial charge in [0.25, 0.3) is 0 Å². The molecule has 2 aromatic carbocycles. The lowest BCUT2D eigenvalue weighted by Crippen LogP contribution is -2.36. The molecule has 0 bridgehead atoms. The van der Waals surface area contributed by atoms with Crippen LogP contribution in [0.1, 0.15) is 52.2 Å². The first-order valence-corrected chi connectivity index (χ1v) is 11.2. The fourth-order valence-electron chi connectivity index (χ4n) is 4.29. The molecule has 3 aromatic rings. The van der Waals surface area contributed by atoms with Gasteiger partial charge in [-0.2, -0.15) is 5.26 Å². The molecule has 2 N–H and O–H groups in total. The number of hydrogen-bond acceptors (Lipinski definition) is 6. The van der Waals surface area contributed by atoms with E-state index in [-0.39, 0.29) is 16.9 Å². The largest absolute Gasteiger partial charge is 0.375 e. The topological polar surface area (TPSA) is 104 Å². The Kier molecular flexibility index (Phi) is 7.21. The van der Waals surface area contributed by atoms with E-state index in [9.17, 15) is 10.1 Å². The number of aromatic nitrogens is 1. The minimum Gasteiger partial charge on any atom is -0.375 e. The van der Waals surface area contributed by atoms with Crippen LogP contribution in [-0.4, -0.2) is 15.4 Å². The molecule has 176 valence electrons. The Morgan fingerprint density at radius 3 is 2.24 bits per heavy atom. The van der Waals surface area contributed by atoms with E-state index < -0.39 is 10.5 Å². The maximum atomic E-state index is 12.2. The van der Waals surface area contributed by atoms with Gasteiger partial charge in [0, 0.05) is 17.6 Å². The molecule has 34 heavy (non-hydrogen) atoms. The van der Waals surface area contributed by atoms with Crippen molar-refractivity contribution in [3.8, 4) is 17.3 Å². The van der Waals surface area contributed by atoms with Crippen LogP contribution in [0.25, 0.3) is 11.3 Å². The molecule has 7 nitrogen and oxygen atoms in total. The summed E-state index contributed by atoms with van der Waals surface area (Å²) in [4.78, 5) is 16.5. The van der Waals surface area contributed by atoms with Gasteiger partial charge in [0.05, 0.1) is 22.2 Å². The van der Waals surface area contributed by atoms with E-state index in [2.05, 4.69) is 42.5 Å². The molecule has 0 aliphatic rings. The molecular formula is C27H31N5O2. The lowest BCUT2D eigenvalue weighted by Gasteiger charge is -2.33. The molecule has 0 unspecified atom stereocenters. The van der Waals surface area contributed by atoms with Gasteiger partial charge in [0.2, 0.25) is 5.82 Å². The van der Waals surface area contributed by atoms with Crippen molar-refractivity contribution in [1.29, 1.82) is 5.26 Å². The zero-order valence-corrected chi connectivity index (χ0v) is 20.3. The number of nitro groups is 1. The van der Waals surface area contributed by atoms with Crippen LogP contribution in [0.4, 0.5) is 17.2 Å². The van der Waals surface area contributed by atoms with Crippen LogP contribution in [0.3, 0.4) is 0 Å². The highest BCUT2D eigenvalue weighted by molar-refractivity contribution is 5.79. The second-order valence-corrected chi connectivity index (χ2v) is 10.3. The van der Waals surface area contributed by atoms with E-state index in [1.54, 1.807) is 30.3 Å². The molecule has 0 atom stereocenters. The average molecular weight is 458 g/mol. The summed E-state index contributed by atoms with van der Waals surface area (Å²) in [6.45, 7) is 10.9. The van der Waals surface area contributed by atoms with Crippen molar-refractivity contribution >= 4 is 17.2 Å². The second-order valence-electron chi connectivity index (χ2n) is 10.3. The third kappa shape index (κ3) is 6.55. The molecule has 0 spiro atoms. The van der Waals surface area contributed by atoms with Crippen molar-refractivity contribution in [2.24, 2.45) is 5.41 Å². The minimum absolute atomic E-state index is 0.0183. The number of rotatable bonds is 8. The Bertz CT molecular complexity index is 1190. The van der Waals surface area contributed by atoms with Crippen LogP contribution < -0.4 is 10.6 Å². The molecule has 1 heterocycles. The highest BCUT2D eigenvalue weighted by Crippen LogP contribution is 2.39. The molecule has 0 saturated carbocycles. The van der Waals surface area contributed by atoms with E-state index in [1.807, 2.05) is 44.2 Å². The van der Waals surface area contributed by atoms with E-state index in [0.29, 0.717) is 23.5 Å². The third-order valence-electron chi connectivity index (χ3n) is 5.24. The zero-order chi connectivity index (χ0) is 24.9. The standard InChI is InChI=1S/C27H31N5O2/c1-26(2,3)18-27(4,5)31-25-24(32(33)34)23(29-17-20-9-7-6-8-10-20)15-22(30-25)21-13-11-19(16-28)12-14-21/h6-15H,17-18H2,1-5H3,(H2,29,30,31). The first-order chi connectivity index (χ1) is 16.0. The second kappa shape index (κ2) is 9.92. The fraction of sp³-hybridized carbons (Fsp3) is 0.333. The summed E-state index contributed by atoms with van der Waals surface area (Å²) in [5.41, 5.74) is 2.79. The molecule has 0 fully saturated rings. The molecule has 0 saturated heterocycles. The number of pyridine rings is 1. The van der Waals surface area contributed by atoms with Gasteiger partial charge < -0.3 is 10.6 Å². The number of anilines is 2. The predicted molar refractivity (Wildman–Crippen MR) is 137 cm³/mol. The van der Waals surface area contributed by atoms with Crippen molar-refractivity contribution < 1.29 is 4.92 Å². The molecule has 0 amide bonds. The van der Waals surface area contributed by atoms with E-state index in [4.69, 9.17) is 5.26 Å². The molecule has 0 aliphatic carbocycles. The Morgan fingerprint density at radius 2 is 1.68 bits per heavy atom. The van der Waals surface area contributed by atoms with E-state index >= 15 is 0 Å². The quantitative estimate of drug-likeness (QED) is 0.286. The zero-order valence-electron chi connectivity index (χ0n) is 20.3. The van der Waals surface area contributed by atoms with Gasteiger partial charge in [0.15, 0.2) is 0 Å². The summed E-state index contributed by atoms with van der Waals surface area (Å²) in [7, 11) is 0. The minimum atomic E-state index is -0.435. The van der Waals surface area contributed by atoms with Gasteiger partial charge in [-0.1, -0.05) is 63.2 Å². The normalized spacial score (nSPS) is 11.5. The smallest absolute Gasteiger partial charge is 0.334 e.